The number of hydrogen-bond acceptors (Lipinski definition) is 5. The zero-order valence-corrected chi connectivity index (χ0v) is 19.5. The summed E-state index contributed by atoms with van der Waals surface area (Å²) in [5.74, 6) is 0.187. The molecule has 5 rings (SSSR count). The number of hydrogen-bond donors (Lipinski definition) is 2. The van der Waals surface area contributed by atoms with Crippen LogP contribution < -0.4 is 10.6 Å². The van der Waals surface area contributed by atoms with E-state index >= 15 is 0 Å². The molecule has 0 saturated carbocycles. The van der Waals surface area contributed by atoms with Crippen LogP contribution in [0.2, 0.25) is 0 Å². The first-order chi connectivity index (χ1) is 17.0. The van der Waals surface area contributed by atoms with Crippen molar-refractivity contribution in [3.8, 4) is 0 Å². The van der Waals surface area contributed by atoms with E-state index in [0.717, 1.165) is 33.5 Å². The monoisotopic (exact) mass is 467 g/mol. The normalized spacial score (nSPS) is 11.1. The number of fused-ring (bicyclic) bond motifs is 3. The Morgan fingerprint density at radius 3 is 2.63 bits per heavy atom. The van der Waals surface area contributed by atoms with Crippen molar-refractivity contribution in [3.05, 3.63) is 95.2 Å². The smallest absolute Gasteiger partial charge is 0.253 e. The van der Waals surface area contributed by atoms with Crippen LogP contribution in [0.5, 0.6) is 0 Å². The fraction of sp³-hybridized carbons (Fsp3) is 0.185. The minimum absolute atomic E-state index is 0.180. The number of aromatic nitrogens is 3. The summed E-state index contributed by atoms with van der Waals surface area (Å²) < 4.78 is 7.11. The Morgan fingerprint density at radius 2 is 1.80 bits per heavy atom. The quantitative estimate of drug-likeness (QED) is 0.364. The molecule has 176 valence electrons. The summed E-state index contributed by atoms with van der Waals surface area (Å²) in [6.07, 6.45) is 2.31. The fourth-order valence-corrected chi connectivity index (χ4v) is 4.26. The van der Waals surface area contributed by atoms with Gasteiger partial charge in [0.05, 0.1) is 29.6 Å². The van der Waals surface area contributed by atoms with Crippen molar-refractivity contribution in [1.82, 2.24) is 19.9 Å². The van der Waals surface area contributed by atoms with Gasteiger partial charge in [0, 0.05) is 23.2 Å². The number of amides is 2. The van der Waals surface area contributed by atoms with E-state index in [0.29, 0.717) is 23.4 Å². The molecule has 0 aliphatic heterocycles. The van der Waals surface area contributed by atoms with Crippen LogP contribution in [0, 0.1) is 13.8 Å². The van der Waals surface area contributed by atoms with E-state index in [1.165, 1.54) is 0 Å². The Bertz CT molecular complexity index is 1540. The van der Waals surface area contributed by atoms with Gasteiger partial charge in [-0.3, -0.25) is 9.59 Å². The Hall–Kier alpha value is -4.46. The maximum Gasteiger partial charge on any atom is 0.253 e. The second-order valence-electron chi connectivity index (χ2n) is 8.37. The second kappa shape index (κ2) is 9.42. The van der Waals surface area contributed by atoms with Crippen LogP contribution in [0.15, 0.2) is 71.3 Å². The number of carbonyl (C=O) groups excluding carboxylic acids is 2. The van der Waals surface area contributed by atoms with Gasteiger partial charge >= 0.3 is 0 Å². The first-order valence-corrected chi connectivity index (χ1v) is 11.4. The highest BCUT2D eigenvalue weighted by atomic mass is 16.3. The molecule has 0 radical (unpaired) electrons. The molecule has 2 amide bonds. The third kappa shape index (κ3) is 4.50. The van der Waals surface area contributed by atoms with Crippen LogP contribution >= 0.6 is 0 Å². The number of para-hydroxylation sites is 1. The molecule has 0 spiro atoms. The predicted molar refractivity (Wildman–Crippen MR) is 133 cm³/mol. The largest absolute Gasteiger partial charge is 0.467 e. The minimum atomic E-state index is -0.288. The molecule has 0 saturated heterocycles. The molecular formula is C27H25N5O3. The van der Waals surface area contributed by atoms with Crippen molar-refractivity contribution < 1.29 is 14.0 Å². The summed E-state index contributed by atoms with van der Waals surface area (Å²) in [7, 11) is 0. The Morgan fingerprint density at radius 1 is 1.00 bits per heavy atom. The minimum Gasteiger partial charge on any atom is -0.467 e. The van der Waals surface area contributed by atoms with E-state index < -0.39 is 0 Å². The molecule has 8 nitrogen and oxygen atoms in total. The van der Waals surface area contributed by atoms with E-state index in [2.05, 4.69) is 15.7 Å². The number of furan rings is 1. The van der Waals surface area contributed by atoms with Gasteiger partial charge in [-0.25, -0.2) is 9.50 Å². The van der Waals surface area contributed by atoms with Gasteiger partial charge in [-0.15, -0.1) is 0 Å². The highest BCUT2D eigenvalue weighted by Crippen LogP contribution is 2.23. The van der Waals surface area contributed by atoms with Crippen molar-refractivity contribution in [2.24, 2.45) is 0 Å². The molecule has 0 aliphatic carbocycles. The maximum atomic E-state index is 12.8. The van der Waals surface area contributed by atoms with Crippen molar-refractivity contribution in [1.29, 1.82) is 0 Å². The Labute approximate surface area is 202 Å². The van der Waals surface area contributed by atoms with Crippen molar-refractivity contribution in [3.63, 3.8) is 0 Å². The summed E-state index contributed by atoms with van der Waals surface area (Å²) in [5.41, 5.74) is 5.41. The third-order valence-corrected chi connectivity index (χ3v) is 6.07. The van der Waals surface area contributed by atoms with Crippen molar-refractivity contribution in [2.45, 2.75) is 33.2 Å². The lowest BCUT2D eigenvalue weighted by Crippen LogP contribution is -2.24. The van der Waals surface area contributed by atoms with Crippen LogP contribution in [0.25, 0.3) is 16.6 Å². The zero-order chi connectivity index (χ0) is 24.4. The summed E-state index contributed by atoms with van der Waals surface area (Å²) >= 11 is 0. The molecule has 35 heavy (non-hydrogen) atoms. The number of aryl methyl sites for hydroxylation is 2. The fourth-order valence-electron chi connectivity index (χ4n) is 4.26. The Kier molecular flexibility index (Phi) is 6.01. The van der Waals surface area contributed by atoms with E-state index in [1.54, 1.807) is 42.7 Å². The van der Waals surface area contributed by atoms with Crippen LogP contribution in [-0.4, -0.2) is 26.4 Å². The number of nitrogens with one attached hydrogen (secondary N) is 2. The topological polar surface area (TPSA) is 102 Å². The van der Waals surface area contributed by atoms with Crippen LogP contribution in [0.4, 0.5) is 5.69 Å². The molecule has 0 aliphatic rings. The maximum absolute atomic E-state index is 12.8. The SMILES string of the molecule is Cc1nc2c3ccccc3nn2c(C)c1CCC(=O)Nc1ccccc1C(=O)NCc1ccco1. The highest BCUT2D eigenvalue weighted by Gasteiger charge is 2.17. The van der Waals surface area contributed by atoms with Crippen LogP contribution in [0.1, 0.15) is 39.5 Å². The highest BCUT2D eigenvalue weighted by molar-refractivity contribution is 6.03. The summed E-state index contributed by atoms with van der Waals surface area (Å²) in [4.78, 5) is 30.3. The number of benzene rings is 2. The number of carbonyl (C=O) groups is 2. The molecule has 0 atom stereocenters. The first kappa shape index (κ1) is 22.3. The molecule has 5 aromatic rings. The van der Waals surface area contributed by atoms with Gasteiger partial charge in [-0.05, 0) is 62.2 Å². The molecule has 0 unspecified atom stereocenters. The second-order valence-corrected chi connectivity index (χ2v) is 8.37. The number of rotatable bonds is 7. The molecule has 2 aromatic carbocycles. The lowest BCUT2D eigenvalue weighted by Gasteiger charge is -2.13. The van der Waals surface area contributed by atoms with Gasteiger partial charge in [0.25, 0.3) is 5.91 Å². The van der Waals surface area contributed by atoms with Gasteiger partial charge in [0.15, 0.2) is 5.65 Å². The number of anilines is 1. The molecule has 0 fully saturated rings. The van der Waals surface area contributed by atoms with E-state index in [-0.39, 0.29) is 24.8 Å². The van der Waals surface area contributed by atoms with E-state index in [4.69, 9.17) is 9.40 Å². The molecule has 3 heterocycles. The zero-order valence-electron chi connectivity index (χ0n) is 19.5. The summed E-state index contributed by atoms with van der Waals surface area (Å²) in [5, 5.41) is 11.4. The van der Waals surface area contributed by atoms with Gasteiger partial charge < -0.3 is 15.1 Å². The van der Waals surface area contributed by atoms with Gasteiger partial charge in [0.1, 0.15) is 5.76 Å². The van der Waals surface area contributed by atoms with Crippen molar-refractivity contribution in [2.75, 3.05) is 5.32 Å². The molecule has 2 N–H and O–H groups in total. The summed E-state index contributed by atoms with van der Waals surface area (Å²) in [6, 6.07) is 18.4. The van der Waals surface area contributed by atoms with Gasteiger partial charge in [-0.1, -0.05) is 24.3 Å². The average molecular weight is 468 g/mol. The van der Waals surface area contributed by atoms with Crippen LogP contribution in [-0.2, 0) is 17.8 Å². The average Bonchev–Trinajstić information content (AvgIpc) is 3.51. The predicted octanol–water partition coefficient (Wildman–Crippen LogP) is 4.59. The van der Waals surface area contributed by atoms with Crippen LogP contribution in [0.3, 0.4) is 0 Å². The van der Waals surface area contributed by atoms with Gasteiger partial charge in [-0.2, -0.15) is 5.10 Å². The standard InChI is InChI=1S/C27H25N5O3/c1-17-20(18(2)32-26(29-17)21-9-3-6-12-24(21)31-32)13-14-25(33)30-23-11-5-4-10-22(23)27(34)28-16-19-8-7-15-35-19/h3-12,15H,13-14,16H2,1-2H3,(H,28,34)(H,30,33). The lowest BCUT2D eigenvalue weighted by atomic mass is 10.1. The van der Waals surface area contributed by atoms with E-state index in [9.17, 15) is 9.59 Å². The first-order valence-electron chi connectivity index (χ1n) is 11.4. The molecule has 8 heteroatoms. The molecule has 0 bridgehead atoms. The van der Waals surface area contributed by atoms with Gasteiger partial charge in [0.2, 0.25) is 5.91 Å². The lowest BCUT2D eigenvalue weighted by molar-refractivity contribution is -0.116. The molecular weight excluding hydrogens is 442 g/mol. The Balaban J connectivity index is 1.29. The van der Waals surface area contributed by atoms with Crippen molar-refractivity contribution >= 4 is 34.1 Å². The van der Waals surface area contributed by atoms with E-state index in [1.807, 2.05) is 42.6 Å². The number of nitrogens with zero attached hydrogens (tertiary/aromatic N) is 3. The summed E-state index contributed by atoms with van der Waals surface area (Å²) in [6.45, 7) is 4.23. The molecule has 3 aromatic heterocycles. The third-order valence-electron chi connectivity index (χ3n) is 6.07.